The number of aliphatic hydroxyl groups excluding tert-OH is 1. The molecule has 0 aliphatic carbocycles. The third-order valence-corrected chi connectivity index (χ3v) is 4.55. The number of hydrogen-bond acceptors (Lipinski definition) is 5. The Morgan fingerprint density at radius 3 is 2.68 bits per heavy atom. The van der Waals surface area contributed by atoms with E-state index in [4.69, 9.17) is 16.6 Å². The minimum absolute atomic E-state index is 0.173. The lowest BCUT2D eigenvalue weighted by Crippen LogP contribution is -2.37. The Morgan fingerprint density at radius 2 is 2.00 bits per heavy atom. The van der Waals surface area contributed by atoms with Gasteiger partial charge in [-0.3, -0.25) is 4.90 Å². The second kappa shape index (κ2) is 6.32. The number of benzene rings is 1. The predicted octanol–water partition coefficient (Wildman–Crippen LogP) is 2.90. The van der Waals surface area contributed by atoms with Gasteiger partial charge in [-0.2, -0.15) is 0 Å². The van der Waals surface area contributed by atoms with E-state index in [1.165, 1.54) is 11.1 Å². The molecule has 0 radical (unpaired) electrons. The first kappa shape index (κ1) is 15.4. The van der Waals surface area contributed by atoms with E-state index >= 15 is 0 Å². The second-order valence-corrected chi connectivity index (χ2v) is 6.31. The smallest absolute Gasteiger partial charge is 0.288 e. The summed E-state index contributed by atoms with van der Waals surface area (Å²) < 4.78 is 7.37. The summed E-state index contributed by atoms with van der Waals surface area (Å²) in [5.41, 5.74) is 3.40. The highest BCUT2D eigenvalue weighted by atomic mass is 32.1. The van der Waals surface area contributed by atoms with Crippen molar-refractivity contribution in [1.29, 1.82) is 0 Å². The van der Waals surface area contributed by atoms with Crippen molar-refractivity contribution in [3.8, 4) is 11.5 Å². The van der Waals surface area contributed by atoms with E-state index in [-0.39, 0.29) is 6.10 Å². The molecule has 0 saturated carbocycles. The zero-order valence-electron chi connectivity index (χ0n) is 13.0. The Kier molecular flexibility index (Phi) is 4.42. The van der Waals surface area contributed by atoms with Gasteiger partial charge in [0.15, 0.2) is 0 Å². The van der Waals surface area contributed by atoms with Crippen molar-refractivity contribution < 1.29 is 9.52 Å². The van der Waals surface area contributed by atoms with Gasteiger partial charge in [0.05, 0.1) is 12.8 Å². The summed E-state index contributed by atoms with van der Waals surface area (Å²) in [5, 5.41) is 14.1. The molecular weight excluding hydrogens is 298 g/mol. The van der Waals surface area contributed by atoms with Crippen molar-refractivity contribution in [1.82, 2.24) is 14.7 Å². The van der Waals surface area contributed by atoms with Gasteiger partial charge in [-0.25, -0.2) is 4.68 Å². The van der Waals surface area contributed by atoms with Crippen LogP contribution >= 0.6 is 12.2 Å². The lowest BCUT2D eigenvalue weighted by Gasteiger charge is -2.28. The zero-order valence-corrected chi connectivity index (χ0v) is 13.8. The minimum atomic E-state index is -0.173. The van der Waals surface area contributed by atoms with Gasteiger partial charge >= 0.3 is 0 Å². The van der Waals surface area contributed by atoms with E-state index in [1.54, 1.807) is 4.68 Å². The number of hydrogen-bond donors (Lipinski definition) is 1. The molecular formula is C16H21N3O2S. The van der Waals surface area contributed by atoms with E-state index in [0.717, 1.165) is 31.5 Å². The number of likely N-dealkylation sites (tertiary alicyclic amines) is 1. The molecule has 3 rings (SSSR count). The fourth-order valence-electron chi connectivity index (χ4n) is 2.64. The van der Waals surface area contributed by atoms with Crippen LogP contribution in [0.4, 0.5) is 0 Å². The van der Waals surface area contributed by atoms with E-state index < -0.39 is 0 Å². The SMILES string of the molecule is Cc1ccc(-c2nn(CN3CCC(O)CC3)c(=S)o2)cc1C. The molecule has 5 nitrogen and oxygen atoms in total. The molecule has 0 unspecified atom stereocenters. The van der Waals surface area contributed by atoms with Crippen LogP contribution in [0.2, 0.25) is 0 Å². The molecule has 2 heterocycles. The van der Waals surface area contributed by atoms with Crippen LogP contribution in [0.15, 0.2) is 22.6 Å². The molecule has 0 amide bonds. The molecule has 1 aromatic heterocycles. The molecule has 6 heteroatoms. The molecule has 118 valence electrons. The Hall–Kier alpha value is -1.50. The summed E-state index contributed by atoms with van der Waals surface area (Å²) in [5.74, 6) is 0.560. The van der Waals surface area contributed by atoms with Crippen LogP contribution in [0, 0.1) is 18.7 Å². The maximum Gasteiger partial charge on any atom is 0.288 e. The lowest BCUT2D eigenvalue weighted by atomic mass is 10.1. The van der Waals surface area contributed by atoms with Crippen LogP contribution in [0.1, 0.15) is 24.0 Å². The summed E-state index contributed by atoms with van der Waals surface area (Å²) in [6, 6.07) is 6.14. The normalized spacial score (nSPS) is 17.0. The fraction of sp³-hybridized carbons (Fsp3) is 0.500. The monoisotopic (exact) mass is 319 g/mol. The molecule has 0 atom stereocenters. The summed E-state index contributed by atoms with van der Waals surface area (Å²) in [4.78, 5) is 2.62. The van der Waals surface area contributed by atoms with Crippen molar-refractivity contribution in [3.63, 3.8) is 0 Å². The Balaban J connectivity index is 1.78. The average molecular weight is 319 g/mol. The zero-order chi connectivity index (χ0) is 15.7. The molecule has 1 saturated heterocycles. The number of rotatable bonds is 3. The maximum atomic E-state index is 9.56. The van der Waals surface area contributed by atoms with Gasteiger partial charge in [0.2, 0.25) is 5.89 Å². The Labute approximate surface area is 135 Å². The van der Waals surface area contributed by atoms with Crippen LogP contribution in [0.5, 0.6) is 0 Å². The van der Waals surface area contributed by atoms with Gasteiger partial charge in [0, 0.05) is 18.7 Å². The first-order valence-corrected chi connectivity index (χ1v) is 8.00. The van der Waals surface area contributed by atoms with Crippen LogP contribution < -0.4 is 0 Å². The number of nitrogens with zero attached hydrogens (tertiary/aromatic N) is 3. The molecule has 0 bridgehead atoms. The number of aromatic nitrogens is 2. The minimum Gasteiger partial charge on any atom is -0.409 e. The third-order valence-electron chi connectivity index (χ3n) is 4.25. The number of aliphatic hydroxyl groups is 1. The Morgan fingerprint density at radius 1 is 1.27 bits per heavy atom. The highest BCUT2D eigenvalue weighted by Gasteiger charge is 2.18. The number of aryl methyl sites for hydroxylation is 2. The summed E-state index contributed by atoms with van der Waals surface area (Å²) in [6.45, 7) is 6.48. The molecule has 1 fully saturated rings. The van der Waals surface area contributed by atoms with E-state index in [9.17, 15) is 5.11 Å². The lowest BCUT2D eigenvalue weighted by molar-refractivity contribution is 0.0647. The standard InChI is InChI=1S/C16H21N3O2S/c1-11-3-4-13(9-12(11)2)15-17-19(16(22)21-15)10-18-7-5-14(20)6-8-18/h3-4,9,14,20H,5-8,10H2,1-2H3. The molecule has 1 aromatic carbocycles. The van der Waals surface area contributed by atoms with E-state index in [0.29, 0.717) is 17.4 Å². The highest BCUT2D eigenvalue weighted by molar-refractivity contribution is 7.71. The molecule has 0 spiro atoms. The summed E-state index contributed by atoms with van der Waals surface area (Å²) in [7, 11) is 0. The molecule has 22 heavy (non-hydrogen) atoms. The average Bonchev–Trinajstić information content (AvgIpc) is 2.85. The van der Waals surface area contributed by atoms with Gasteiger partial charge in [0.25, 0.3) is 4.84 Å². The van der Waals surface area contributed by atoms with Crippen molar-refractivity contribution in [2.45, 2.75) is 39.5 Å². The second-order valence-electron chi connectivity index (χ2n) is 5.96. The number of piperidine rings is 1. The Bertz CT molecular complexity index is 714. The maximum absolute atomic E-state index is 9.56. The highest BCUT2D eigenvalue weighted by Crippen LogP contribution is 2.21. The molecule has 1 N–H and O–H groups in total. The van der Waals surface area contributed by atoms with Gasteiger partial charge < -0.3 is 9.52 Å². The quantitative estimate of drug-likeness (QED) is 0.882. The predicted molar refractivity (Wildman–Crippen MR) is 87.1 cm³/mol. The first-order valence-electron chi connectivity index (χ1n) is 7.59. The molecule has 2 aromatic rings. The van der Waals surface area contributed by atoms with Crippen molar-refractivity contribution in [2.24, 2.45) is 0 Å². The van der Waals surface area contributed by atoms with Crippen molar-refractivity contribution >= 4 is 12.2 Å². The van der Waals surface area contributed by atoms with E-state index in [1.807, 2.05) is 6.07 Å². The summed E-state index contributed by atoms with van der Waals surface area (Å²) >= 11 is 5.28. The van der Waals surface area contributed by atoms with Gasteiger partial charge in [0.1, 0.15) is 0 Å². The van der Waals surface area contributed by atoms with Gasteiger partial charge in [-0.15, -0.1) is 5.10 Å². The molecule has 1 aliphatic heterocycles. The molecule has 1 aliphatic rings. The largest absolute Gasteiger partial charge is 0.409 e. The van der Waals surface area contributed by atoms with Crippen molar-refractivity contribution in [2.75, 3.05) is 13.1 Å². The van der Waals surface area contributed by atoms with E-state index in [2.05, 4.69) is 36.0 Å². The van der Waals surface area contributed by atoms with Crippen LogP contribution in [0.25, 0.3) is 11.5 Å². The van der Waals surface area contributed by atoms with Crippen molar-refractivity contribution in [3.05, 3.63) is 34.2 Å². The summed E-state index contributed by atoms with van der Waals surface area (Å²) in [6.07, 6.45) is 1.43. The third kappa shape index (κ3) is 3.29. The first-order chi connectivity index (χ1) is 10.5. The van der Waals surface area contributed by atoms with Gasteiger partial charge in [-0.05, 0) is 62.2 Å². The van der Waals surface area contributed by atoms with Crippen LogP contribution in [0.3, 0.4) is 0 Å². The van der Waals surface area contributed by atoms with Crippen LogP contribution in [-0.2, 0) is 6.67 Å². The topological polar surface area (TPSA) is 54.4 Å². The fourth-order valence-corrected chi connectivity index (χ4v) is 2.81. The van der Waals surface area contributed by atoms with Gasteiger partial charge in [-0.1, -0.05) is 6.07 Å². The van der Waals surface area contributed by atoms with Crippen LogP contribution in [-0.4, -0.2) is 39.0 Å².